The minimum absolute atomic E-state index is 0.0152. The number of pyridine rings is 1. The number of alkyl halides is 1. The van der Waals surface area contributed by atoms with Gasteiger partial charge in [0.1, 0.15) is 0 Å². The molecule has 0 aliphatic carbocycles. The second kappa shape index (κ2) is 3.81. The van der Waals surface area contributed by atoms with Crippen LogP contribution in [0.25, 0.3) is 10.9 Å². The molecule has 0 amide bonds. The number of aromatic nitrogens is 1. The molecule has 0 saturated heterocycles. The summed E-state index contributed by atoms with van der Waals surface area (Å²) >= 11 is 3.17. The summed E-state index contributed by atoms with van der Waals surface area (Å²) in [4.78, 5) is 3.96. The molecule has 0 bridgehead atoms. The van der Waals surface area contributed by atoms with E-state index in [0.717, 1.165) is 6.07 Å². The minimum atomic E-state index is -1.46. The number of benzene rings is 1. The smallest absolute Gasteiger partial charge is 0.195 e. The molecule has 78 valence electrons. The van der Waals surface area contributed by atoms with Gasteiger partial charge in [-0.3, -0.25) is 4.98 Å². The molecule has 1 nitrogen and oxygen atoms in total. The molecular weight excluding hydrogens is 271 g/mol. The average molecular weight is 276 g/mol. The maximum Gasteiger partial charge on any atom is 0.195 e. The molecule has 1 aromatic heterocycles. The van der Waals surface area contributed by atoms with Gasteiger partial charge in [-0.2, -0.15) is 0 Å². The predicted octanol–water partition coefficient (Wildman–Crippen LogP) is 3.55. The minimum Gasteiger partial charge on any atom is -0.252 e. The lowest BCUT2D eigenvalue weighted by molar-refractivity contribution is 0.453. The molecule has 1 aromatic carbocycles. The molecule has 2 aromatic rings. The monoisotopic (exact) mass is 275 g/mol. The summed E-state index contributed by atoms with van der Waals surface area (Å²) in [6.07, 6.45) is 0. The summed E-state index contributed by atoms with van der Waals surface area (Å²) < 4.78 is 39.0. The van der Waals surface area contributed by atoms with Gasteiger partial charge >= 0.3 is 0 Å². The molecule has 15 heavy (non-hydrogen) atoms. The van der Waals surface area contributed by atoms with Crippen LogP contribution in [0.4, 0.5) is 13.2 Å². The van der Waals surface area contributed by atoms with E-state index >= 15 is 0 Å². The van der Waals surface area contributed by atoms with E-state index in [1.165, 1.54) is 6.07 Å². The van der Waals surface area contributed by atoms with E-state index in [9.17, 15) is 13.2 Å². The van der Waals surface area contributed by atoms with Crippen LogP contribution in [0.1, 0.15) is 5.69 Å². The lowest BCUT2D eigenvalue weighted by Crippen LogP contribution is -1.95. The SMILES string of the molecule is Fc1cc2nc(CBr)ccc2c(F)c1F. The molecule has 0 N–H and O–H groups in total. The van der Waals surface area contributed by atoms with Gasteiger partial charge < -0.3 is 0 Å². The first-order valence-electron chi connectivity index (χ1n) is 4.12. The standard InChI is InChI=1S/C10H5BrF3N/c11-4-5-1-2-6-8(15-5)3-7(12)10(14)9(6)13/h1-3H,4H2. The first kappa shape index (κ1) is 10.4. The zero-order valence-corrected chi connectivity index (χ0v) is 8.98. The van der Waals surface area contributed by atoms with Crippen LogP contribution in [-0.4, -0.2) is 4.98 Å². The van der Waals surface area contributed by atoms with E-state index in [1.807, 2.05) is 0 Å². The van der Waals surface area contributed by atoms with Gasteiger partial charge in [0, 0.05) is 16.8 Å². The van der Waals surface area contributed by atoms with Gasteiger partial charge in [-0.15, -0.1) is 0 Å². The third-order valence-corrected chi connectivity index (χ3v) is 2.60. The fourth-order valence-corrected chi connectivity index (χ4v) is 1.61. The highest BCUT2D eigenvalue weighted by Crippen LogP contribution is 2.22. The van der Waals surface area contributed by atoms with Gasteiger partial charge in [-0.05, 0) is 12.1 Å². The largest absolute Gasteiger partial charge is 0.252 e. The van der Waals surface area contributed by atoms with E-state index < -0.39 is 17.5 Å². The zero-order chi connectivity index (χ0) is 11.0. The molecule has 0 unspecified atom stereocenters. The summed E-state index contributed by atoms with van der Waals surface area (Å²) in [6.45, 7) is 0. The Balaban J connectivity index is 2.80. The second-order valence-corrected chi connectivity index (χ2v) is 3.55. The fourth-order valence-electron chi connectivity index (χ4n) is 1.29. The third-order valence-electron chi connectivity index (χ3n) is 2.02. The zero-order valence-electron chi connectivity index (χ0n) is 7.40. The maximum atomic E-state index is 13.2. The van der Waals surface area contributed by atoms with Crippen LogP contribution in [0.5, 0.6) is 0 Å². The van der Waals surface area contributed by atoms with E-state index in [-0.39, 0.29) is 10.9 Å². The predicted molar refractivity (Wildman–Crippen MR) is 54.2 cm³/mol. The highest BCUT2D eigenvalue weighted by atomic mass is 79.9. The van der Waals surface area contributed by atoms with Crippen LogP contribution in [-0.2, 0) is 5.33 Å². The first-order valence-corrected chi connectivity index (χ1v) is 5.24. The summed E-state index contributed by atoms with van der Waals surface area (Å²) in [5.41, 5.74) is 0.747. The molecule has 0 radical (unpaired) electrons. The maximum absolute atomic E-state index is 13.2. The third kappa shape index (κ3) is 1.71. The van der Waals surface area contributed by atoms with Crippen LogP contribution < -0.4 is 0 Å². The topological polar surface area (TPSA) is 12.9 Å². The Morgan fingerprint density at radius 3 is 2.53 bits per heavy atom. The van der Waals surface area contributed by atoms with Crippen LogP contribution in [0.3, 0.4) is 0 Å². The molecule has 0 saturated carbocycles. The van der Waals surface area contributed by atoms with Crippen molar-refractivity contribution >= 4 is 26.8 Å². The lowest BCUT2D eigenvalue weighted by Gasteiger charge is -2.02. The molecular formula is C10H5BrF3N. The second-order valence-electron chi connectivity index (χ2n) is 2.99. The Bertz CT molecular complexity index is 528. The van der Waals surface area contributed by atoms with Gasteiger partial charge in [-0.25, -0.2) is 13.2 Å². The van der Waals surface area contributed by atoms with Crippen molar-refractivity contribution in [2.75, 3.05) is 0 Å². The lowest BCUT2D eigenvalue weighted by atomic mass is 10.2. The fraction of sp³-hybridized carbons (Fsp3) is 0.100. The normalized spacial score (nSPS) is 10.9. The van der Waals surface area contributed by atoms with Crippen LogP contribution in [0.15, 0.2) is 18.2 Å². The van der Waals surface area contributed by atoms with E-state index in [2.05, 4.69) is 20.9 Å². The van der Waals surface area contributed by atoms with Gasteiger partial charge in [0.2, 0.25) is 0 Å². The van der Waals surface area contributed by atoms with Crippen molar-refractivity contribution < 1.29 is 13.2 Å². The van der Waals surface area contributed by atoms with Gasteiger partial charge in [0.15, 0.2) is 17.5 Å². The number of halogens is 4. The number of nitrogens with zero attached hydrogens (tertiary/aromatic N) is 1. The van der Waals surface area contributed by atoms with E-state index in [1.54, 1.807) is 6.07 Å². The first-order chi connectivity index (χ1) is 7.13. The Labute approximate surface area is 92.1 Å². The Kier molecular flexibility index (Phi) is 2.65. The van der Waals surface area contributed by atoms with E-state index in [0.29, 0.717) is 11.0 Å². The molecule has 0 aliphatic rings. The van der Waals surface area contributed by atoms with Gasteiger partial charge in [-0.1, -0.05) is 15.9 Å². The number of fused-ring (bicyclic) bond motifs is 1. The summed E-state index contributed by atoms with van der Waals surface area (Å²) in [5.74, 6) is -3.88. The number of rotatable bonds is 1. The van der Waals surface area contributed by atoms with Crippen LogP contribution in [0.2, 0.25) is 0 Å². The summed E-state index contributed by atoms with van der Waals surface area (Å²) in [5, 5.41) is 0.461. The average Bonchev–Trinajstić information content (AvgIpc) is 2.25. The number of hydrogen-bond acceptors (Lipinski definition) is 1. The summed E-state index contributed by atoms with van der Waals surface area (Å²) in [6, 6.07) is 3.83. The molecule has 0 spiro atoms. The van der Waals surface area contributed by atoms with Crippen molar-refractivity contribution in [1.29, 1.82) is 0 Å². The van der Waals surface area contributed by atoms with Gasteiger partial charge in [0.25, 0.3) is 0 Å². The van der Waals surface area contributed by atoms with Crippen molar-refractivity contribution in [1.82, 2.24) is 4.98 Å². The van der Waals surface area contributed by atoms with Crippen LogP contribution in [0, 0.1) is 17.5 Å². The molecule has 2 rings (SSSR count). The highest BCUT2D eigenvalue weighted by Gasteiger charge is 2.14. The van der Waals surface area contributed by atoms with E-state index in [4.69, 9.17) is 0 Å². The summed E-state index contributed by atoms with van der Waals surface area (Å²) in [7, 11) is 0. The molecule has 1 heterocycles. The van der Waals surface area contributed by atoms with Crippen molar-refractivity contribution in [2.24, 2.45) is 0 Å². The Hall–Kier alpha value is -1.10. The molecule has 0 fully saturated rings. The van der Waals surface area contributed by atoms with Crippen LogP contribution >= 0.6 is 15.9 Å². The van der Waals surface area contributed by atoms with Crippen molar-refractivity contribution in [3.8, 4) is 0 Å². The number of hydrogen-bond donors (Lipinski definition) is 0. The quantitative estimate of drug-likeness (QED) is 0.573. The van der Waals surface area contributed by atoms with Crippen molar-refractivity contribution in [3.63, 3.8) is 0 Å². The highest BCUT2D eigenvalue weighted by molar-refractivity contribution is 9.08. The molecule has 5 heteroatoms. The molecule has 0 aliphatic heterocycles. The Morgan fingerprint density at radius 1 is 1.13 bits per heavy atom. The van der Waals surface area contributed by atoms with Gasteiger partial charge in [0.05, 0.1) is 11.2 Å². The van der Waals surface area contributed by atoms with Crippen molar-refractivity contribution in [2.45, 2.75) is 5.33 Å². The molecule has 0 atom stereocenters. The van der Waals surface area contributed by atoms with Crippen molar-refractivity contribution in [3.05, 3.63) is 41.3 Å². The Morgan fingerprint density at radius 2 is 1.87 bits per heavy atom.